The number of aliphatic hydroxyl groups excluding tert-OH is 1. The third-order valence-electron chi connectivity index (χ3n) is 2.96. The lowest BCUT2D eigenvalue weighted by Crippen LogP contribution is -2.15. The Labute approximate surface area is 125 Å². The van der Waals surface area contributed by atoms with Crippen molar-refractivity contribution in [3.05, 3.63) is 69.8 Å². The van der Waals surface area contributed by atoms with E-state index in [1.54, 1.807) is 0 Å². The zero-order chi connectivity index (χ0) is 16.1. The molecule has 2 N–H and O–H groups in total. The number of non-ortho nitro benzene ring substituents is 1. The van der Waals surface area contributed by atoms with Crippen LogP contribution in [0.3, 0.4) is 0 Å². The Morgan fingerprint density at radius 2 is 1.73 bits per heavy atom. The molecule has 0 spiro atoms. The quantitative estimate of drug-likeness (QED) is 0.497. The fraction of sp³-hybridized carbons (Fsp3) is 0.133. The zero-order valence-electron chi connectivity index (χ0n) is 11.4. The highest BCUT2D eigenvalue weighted by Crippen LogP contribution is 2.19. The lowest BCUT2D eigenvalue weighted by atomic mass is 10.1. The Morgan fingerprint density at radius 3 is 2.27 bits per heavy atom. The van der Waals surface area contributed by atoms with E-state index in [2.05, 4.69) is 0 Å². The van der Waals surface area contributed by atoms with Gasteiger partial charge in [0.15, 0.2) is 6.10 Å². The van der Waals surface area contributed by atoms with Crippen LogP contribution in [0.1, 0.15) is 17.2 Å². The number of hydrogen-bond donors (Lipinski definition) is 2. The van der Waals surface area contributed by atoms with Gasteiger partial charge in [-0.25, -0.2) is 4.79 Å². The van der Waals surface area contributed by atoms with Gasteiger partial charge in [0.05, 0.1) is 4.92 Å². The van der Waals surface area contributed by atoms with Crippen LogP contribution in [0.2, 0.25) is 0 Å². The van der Waals surface area contributed by atoms with Gasteiger partial charge >= 0.3 is 5.97 Å². The standard InChI is InChI=1S/C15H13NO6/c17-13-7-3-11(4-8-13)14(18)15(19)22-9-10-1-5-12(6-2-10)16(20)21/h1-8,14,17-18H,9H2. The summed E-state index contributed by atoms with van der Waals surface area (Å²) in [5.74, 6) is -0.820. The lowest BCUT2D eigenvalue weighted by Gasteiger charge is -2.11. The summed E-state index contributed by atoms with van der Waals surface area (Å²) in [6, 6.07) is 11.1. The summed E-state index contributed by atoms with van der Waals surface area (Å²) in [4.78, 5) is 21.7. The van der Waals surface area contributed by atoms with Crippen LogP contribution >= 0.6 is 0 Å². The number of hydrogen-bond acceptors (Lipinski definition) is 6. The predicted molar refractivity (Wildman–Crippen MR) is 76.0 cm³/mol. The first-order valence-electron chi connectivity index (χ1n) is 6.34. The van der Waals surface area contributed by atoms with E-state index >= 15 is 0 Å². The van der Waals surface area contributed by atoms with Gasteiger partial charge in [-0.15, -0.1) is 0 Å². The number of aliphatic hydroxyl groups is 1. The highest BCUT2D eigenvalue weighted by Gasteiger charge is 2.19. The molecule has 7 heteroatoms. The van der Waals surface area contributed by atoms with Gasteiger partial charge in [-0.05, 0) is 35.4 Å². The maximum absolute atomic E-state index is 11.7. The summed E-state index contributed by atoms with van der Waals surface area (Å²) in [7, 11) is 0. The first-order valence-corrected chi connectivity index (χ1v) is 6.34. The summed E-state index contributed by atoms with van der Waals surface area (Å²) < 4.78 is 4.95. The molecular formula is C15H13NO6. The molecule has 0 aliphatic rings. The second kappa shape index (κ2) is 6.68. The second-order valence-electron chi connectivity index (χ2n) is 4.53. The van der Waals surface area contributed by atoms with Crippen LogP contribution in [0.4, 0.5) is 5.69 Å². The van der Waals surface area contributed by atoms with Crippen molar-refractivity contribution in [1.29, 1.82) is 0 Å². The second-order valence-corrected chi connectivity index (χ2v) is 4.53. The zero-order valence-corrected chi connectivity index (χ0v) is 11.4. The first-order chi connectivity index (χ1) is 10.5. The van der Waals surface area contributed by atoms with Gasteiger partial charge in [-0.2, -0.15) is 0 Å². The van der Waals surface area contributed by atoms with E-state index in [0.29, 0.717) is 11.1 Å². The maximum Gasteiger partial charge on any atom is 0.339 e. The largest absolute Gasteiger partial charge is 0.508 e. The van der Waals surface area contributed by atoms with Gasteiger partial charge in [0.1, 0.15) is 12.4 Å². The van der Waals surface area contributed by atoms with Gasteiger partial charge in [0, 0.05) is 12.1 Å². The van der Waals surface area contributed by atoms with Crippen molar-refractivity contribution in [3.8, 4) is 5.75 Å². The van der Waals surface area contributed by atoms with Crippen molar-refractivity contribution >= 4 is 11.7 Å². The number of nitro benzene ring substituents is 1. The summed E-state index contributed by atoms with van der Waals surface area (Å²) in [6.07, 6.45) is -1.46. The number of ether oxygens (including phenoxy) is 1. The minimum absolute atomic E-state index is 0.0233. The molecular weight excluding hydrogens is 290 g/mol. The van der Waals surface area contributed by atoms with E-state index in [1.807, 2.05) is 0 Å². The molecule has 2 aromatic carbocycles. The molecule has 2 rings (SSSR count). The molecule has 0 amide bonds. The SMILES string of the molecule is O=C(OCc1ccc([N+](=O)[O-])cc1)C(O)c1ccc(O)cc1. The van der Waals surface area contributed by atoms with Crippen LogP contribution in [0.25, 0.3) is 0 Å². The molecule has 2 aromatic rings. The monoisotopic (exact) mass is 303 g/mol. The van der Waals surface area contributed by atoms with E-state index in [-0.39, 0.29) is 18.0 Å². The highest BCUT2D eigenvalue weighted by molar-refractivity contribution is 5.76. The number of rotatable bonds is 5. The predicted octanol–water partition coefficient (Wildman–Crippen LogP) is 2.08. The Balaban J connectivity index is 1.94. The van der Waals surface area contributed by atoms with Crippen LogP contribution in [0, 0.1) is 10.1 Å². The van der Waals surface area contributed by atoms with E-state index in [9.17, 15) is 20.0 Å². The number of aromatic hydroxyl groups is 1. The van der Waals surface area contributed by atoms with Crippen molar-refractivity contribution in [3.63, 3.8) is 0 Å². The van der Waals surface area contributed by atoms with E-state index < -0.39 is 17.0 Å². The maximum atomic E-state index is 11.7. The molecule has 1 unspecified atom stereocenters. The van der Waals surface area contributed by atoms with Gasteiger partial charge in [0.25, 0.3) is 5.69 Å². The normalized spacial score (nSPS) is 11.7. The van der Waals surface area contributed by atoms with E-state index in [4.69, 9.17) is 9.84 Å². The summed E-state index contributed by atoms with van der Waals surface area (Å²) >= 11 is 0. The Bertz CT molecular complexity index is 665. The third-order valence-corrected chi connectivity index (χ3v) is 2.96. The molecule has 0 aliphatic carbocycles. The van der Waals surface area contributed by atoms with E-state index in [1.165, 1.54) is 48.5 Å². The van der Waals surface area contributed by atoms with Crippen LogP contribution in [0.15, 0.2) is 48.5 Å². The molecule has 0 saturated carbocycles. The molecule has 0 saturated heterocycles. The van der Waals surface area contributed by atoms with Gasteiger partial charge < -0.3 is 14.9 Å². The summed E-state index contributed by atoms with van der Waals surface area (Å²) in [6.45, 7) is -0.105. The van der Waals surface area contributed by atoms with Crippen molar-refractivity contribution < 1.29 is 24.7 Å². The van der Waals surface area contributed by atoms with Crippen LogP contribution in [-0.4, -0.2) is 21.1 Å². The van der Waals surface area contributed by atoms with Crippen LogP contribution in [0.5, 0.6) is 5.75 Å². The molecule has 0 bridgehead atoms. The lowest BCUT2D eigenvalue weighted by molar-refractivity contribution is -0.384. The fourth-order valence-corrected chi connectivity index (χ4v) is 1.74. The number of esters is 1. The number of nitrogens with zero attached hydrogens (tertiary/aromatic N) is 1. The van der Waals surface area contributed by atoms with Crippen molar-refractivity contribution in [1.82, 2.24) is 0 Å². The molecule has 0 fully saturated rings. The third kappa shape index (κ3) is 3.80. The summed E-state index contributed by atoms with van der Waals surface area (Å²) in [5, 5.41) is 29.5. The average Bonchev–Trinajstić information content (AvgIpc) is 2.53. The molecule has 1 atom stereocenters. The molecule has 22 heavy (non-hydrogen) atoms. The van der Waals surface area contributed by atoms with Crippen molar-refractivity contribution in [2.24, 2.45) is 0 Å². The number of benzene rings is 2. The Morgan fingerprint density at radius 1 is 1.14 bits per heavy atom. The molecule has 0 heterocycles. The summed E-state index contributed by atoms with van der Waals surface area (Å²) in [5.41, 5.74) is 0.808. The van der Waals surface area contributed by atoms with Crippen LogP contribution < -0.4 is 0 Å². The van der Waals surface area contributed by atoms with Gasteiger partial charge in [0.2, 0.25) is 0 Å². The smallest absolute Gasteiger partial charge is 0.339 e. The number of carbonyl (C=O) groups excluding carboxylic acids is 1. The molecule has 7 nitrogen and oxygen atoms in total. The van der Waals surface area contributed by atoms with Crippen molar-refractivity contribution in [2.45, 2.75) is 12.7 Å². The number of carbonyl (C=O) groups is 1. The minimum atomic E-state index is -1.46. The molecule has 0 aliphatic heterocycles. The minimum Gasteiger partial charge on any atom is -0.508 e. The van der Waals surface area contributed by atoms with E-state index in [0.717, 1.165) is 0 Å². The topological polar surface area (TPSA) is 110 Å². The fourth-order valence-electron chi connectivity index (χ4n) is 1.74. The van der Waals surface area contributed by atoms with Gasteiger partial charge in [-0.3, -0.25) is 10.1 Å². The highest BCUT2D eigenvalue weighted by atomic mass is 16.6. The Hall–Kier alpha value is -2.93. The molecule has 0 aromatic heterocycles. The van der Waals surface area contributed by atoms with Crippen LogP contribution in [-0.2, 0) is 16.1 Å². The Kier molecular flexibility index (Phi) is 4.70. The number of nitro groups is 1. The molecule has 114 valence electrons. The van der Waals surface area contributed by atoms with Crippen molar-refractivity contribution in [2.75, 3.05) is 0 Å². The van der Waals surface area contributed by atoms with Gasteiger partial charge in [-0.1, -0.05) is 12.1 Å². The molecule has 0 radical (unpaired) electrons. The number of phenolic OH excluding ortho intramolecular Hbond substituents is 1. The first kappa shape index (κ1) is 15.5. The average molecular weight is 303 g/mol. The number of phenols is 1.